The molecular weight excluding hydrogens is 240 g/mol. The van der Waals surface area contributed by atoms with E-state index >= 15 is 0 Å². The first-order valence-electron chi connectivity index (χ1n) is 7.27. The predicted molar refractivity (Wildman–Crippen MR) is 78.2 cm³/mol. The minimum absolute atomic E-state index is 0.181. The molecule has 5 heteroatoms. The van der Waals surface area contributed by atoms with E-state index in [4.69, 9.17) is 5.73 Å². The van der Waals surface area contributed by atoms with E-state index in [2.05, 4.69) is 24.3 Å². The van der Waals surface area contributed by atoms with Gasteiger partial charge in [-0.05, 0) is 33.6 Å². The first-order valence-corrected chi connectivity index (χ1v) is 7.27. The summed E-state index contributed by atoms with van der Waals surface area (Å²) in [6.45, 7) is 6.87. The Morgan fingerprint density at radius 3 is 2.74 bits per heavy atom. The first-order chi connectivity index (χ1) is 9.00. The lowest BCUT2D eigenvalue weighted by Gasteiger charge is -2.28. The monoisotopic (exact) mass is 266 g/mol. The van der Waals surface area contributed by atoms with E-state index in [9.17, 15) is 5.11 Å². The highest BCUT2D eigenvalue weighted by Crippen LogP contribution is 2.28. The van der Waals surface area contributed by atoms with E-state index in [1.54, 1.807) is 0 Å². The van der Waals surface area contributed by atoms with E-state index in [0.717, 1.165) is 43.0 Å². The molecule has 0 bridgehead atoms. The molecule has 1 saturated carbocycles. The number of hydrogen-bond acceptors (Lipinski definition) is 4. The van der Waals surface area contributed by atoms with Gasteiger partial charge in [-0.15, -0.1) is 0 Å². The highest BCUT2D eigenvalue weighted by Gasteiger charge is 2.24. The van der Waals surface area contributed by atoms with Crippen molar-refractivity contribution in [1.29, 1.82) is 0 Å². The Balaban J connectivity index is 2.06. The lowest BCUT2D eigenvalue weighted by Crippen LogP contribution is -2.31. The van der Waals surface area contributed by atoms with Gasteiger partial charge in [-0.3, -0.25) is 0 Å². The third kappa shape index (κ3) is 3.03. The van der Waals surface area contributed by atoms with Gasteiger partial charge in [-0.2, -0.15) is 5.10 Å². The van der Waals surface area contributed by atoms with E-state index in [-0.39, 0.29) is 12.1 Å². The molecular formula is C14H26N4O. The molecule has 1 heterocycles. The summed E-state index contributed by atoms with van der Waals surface area (Å²) in [5.41, 5.74) is 7.67. The average Bonchev–Trinajstić information content (AvgIpc) is 2.65. The highest BCUT2D eigenvalue weighted by atomic mass is 16.3. The number of nitrogen functional groups attached to an aromatic ring is 1. The molecule has 4 N–H and O–H groups in total. The lowest BCUT2D eigenvalue weighted by atomic mass is 9.86. The lowest BCUT2D eigenvalue weighted by molar-refractivity contribution is 0.0762. The van der Waals surface area contributed by atoms with Gasteiger partial charge in [0.25, 0.3) is 0 Å². The van der Waals surface area contributed by atoms with Gasteiger partial charge in [0.1, 0.15) is 5.82 Å². The molecule has 0 radical (unpaired) electrons. The van der Waals surface area contributed by atoms with E-state index < -0.39 is 0 Å². The van der Waals surface area contributed by atoms with E-state index in [0.29, 0.717) is 5.92 Å². The van der Waals surface area contributed by atoms with Gasteiger partial charge >= 0.3 is 0 Å². The van der Waals surface area contributed by atoms with Gasteiger partial charge in [0, 0.05) is 18.5 Å². The maximum Gasteiger partial charge on any atom is 0.148 e. The zero-order chi connectivity index (χ0) is 14.0. The number of hydrogen-bond donors (Lipinski definition) is 3. The Morgan fingerprint density at radius 1 is 1.42 bits per heavy atom. The summed E-state index contributed by atoms with van der Waals surface area (Å²) >= 11 is 0. The van der Waals surface area contributed by atoms with Crippen LogP contribution in [0, 0.1) is 12.8 Å². The van der Waals surface area contributed by atoms with Crippen LogP contribution in [0.5, 0.6) is 0 Å². The van der Waals surface area contributed by atoms with Crippen LogP contribution in [0.2, 0.25) is 0 Å². The third-order valence-corrected chi connectivity index (χ3v) is 4.02. The Kier molecular flexibility index (Phi) is 4.34. The molecule has 2 unspecified atom stereocenters. The van der Waals surface area contributed by atoms with Crippen molar-refractivity contribution < 1.29 is 5.11 Å². The molecule has 1 aromatic heterocycles. The van der Waals surface area contributed by atoms with Crippen LogP contribution in [0.1, 0.15) is 51.3 Å². The van der Waals surface area contributed by atoms with Crippen molar-refractivity contribution in [1.82, 2.24) is 9.78 Å². The normalized spacial score (nSPS) is 23.8. The second kappa shape index (κ2) is 5.82. The third-order valence-electron chi connectivity index (χ3n) is 4.02. The summed E-state index contributed by atoms with van der Waals surface area (Å²) in [6, 6.07) is 0.273. The zero-order valence-electron chi connectivity index (χ0n) is 12.2. The summed E-state index contributed by atoms with van der Waals surface area (Å²) in [5.74, 6) is 1.22. The quantitative estimate of drug-likeness (QED) is 0.781. The number of aromatic nitrogens is 2. The Labute approximate surface area is 115 Å². The average molecular weight is 266 g/mol. The number of nitrogens with zero attached hydrogens (tertiary/aromatic N) is 2. The number of nitrogens with one attached hydrogen (secondary N) is 1. The largest absolute Gasteiger partial charge is 0.394 e. The number of aryl methyl sites for hydroxylation is 1. The van der Waals surface area contributed by atoms with Crippen molar-refractivity contribution in [3.8, 4) is 0 Å². The van der Waals surface area contributed by atoms with Crippen LogP contribution in [0.15, 0.2) is 0 Å². The van der Waals surface area contributed by atoms with Crippen molar-refractivity contribution in [3.63, 3.8) is 0 Å². The predicted octanol–water partition coefficient (Wildman–Crippen LogP) is 2.32. The number of nitrogens with two attached hydrogens (primary N) is 1. The van der Waals surface area contributed by atoms with Gasteiger partial charge in [-0.1, -0.05) is 12.8 Å². The van der Waals surface area contributed by atoms with Crippen molar-refractivity contribution in [3.05, 3.63) is 5.69 Å². The van der Waals surface area contributed by atoms with Crippen molar-refractivity contribution in [2.75, 3.05) is 17.6 Å². The van der Waals surface area contributed by atoms with Crippen molar-refractivity contribution >= 4 is 11.5 Å². The fraction of sp³-hybridized carbons (Fsp3) is 0.786. The molecule has 1 aliphatic rings. The van der Waals surface area contributed by atoms with Crippen LogP contribution >= 0.6 is 0 Å². The fourth-order valence-electron chi connectivity index (χ4n) is 2.76. The fourth-order valence-corrected chi connectivity index (χ4v) is 2.76. The molecule has 1 aromatic rings. The molecule has 5 nitrogen and oxygen atoms in total. The molecule has 108 valence electrons. The number of anilines is 2. The molecule has 19 heavy (non-hydrogen) atoms. The molecule has 0 spiro atoms. The molecule has 0 saturated heterocycles. The summed E-state index contributed by atoms with van der Waals surface area (Å²) in [5, 5.41) is 17.9. The van der Waals surface area contributed by atoms with Crippen LogP contribution in [-0.4, -0.2) is 27.5 Å². The van der Waals surface area contributed by atoms with Crippen LogP contribution in [0.25, 0.3) is 0 Å². The Morgan fingerprint density at radius 2 is 2.11 bits per heavy atom. The summed E-state index contributed by atoms with van der Waals surface area (Å²) in [7, 11) is 0. The number of rotatable bonds is 4. The molecule has 2 rings (SSSR count). The summed E-state index contributed by atoms with van der Waals surface area (Å²) in [4.78, 5) is 0. The molecule has 0 aliphatic heterocycles. The first kappa shape index (κ1) is 14.2. The topological polar surface area (TPSA) is 76.1 Å². The minimum Gasteiger partial charge on any atom is -0.394 e. The van der Waals surface area contributed by atoms with Crippen LogP contribution < -0.4 is 11.1 Å². The smallest absolute Gasteiger partial charge is 0.148 e. The number of aliphatic hydroxyl groups excluding tert-OH is 1. The van der Waals surface area contributed by atoms with Gasteiger partial charge in [0.15, 0.2) is 0 Å². The van der Waals surface area contributed by atoms with Crippen molar-refractivity contribution in [2.24, 2.45) is 5.92 Å². The maximum absolute atomic E-state index is 10.0. The minimum atomic E-state index is -0.181. The van der Waals surface area contributed by atoms with Crippen LogP contribution in [-0.2, 0) is 0 Å². The number of aliphatic hydroxyl groups is 1. The molecule has 0 amide bonds. The van der Waals surface area contributed by atoms with Gasteiger partial charge in [0.2, 0.25) is 0 Å². The van der Waals surface area contributed by atoms with E-state index in [1.807, 2.05) is 11.6 Å². The summed E-state index contributed by atoms with van der Waals surface area (Å²) < 4.78 is 1.93. The van der Waals surface area contributed by atoms with Gasteiger partial charge in [-0.25, -0.2) is 4.68 Å². The molecule has 1 fully saturated rings. The van der Waals surface area contributed by atoms with Crippen LogP contribution in [0.4, 0.5) is 11.5 Å². The molecule has 1 aliphatic carbocycles. The SMILES string of the molecule is Cc1nn(C(C)C)c(NCC2CCCCC2O)c1N. The van der Waals surface area contributed by atoms with Gasteiger partial charge in [0.05, 0.1) is 17.5 Å². The van der Waals surface area contributed by atoms with E-state index in [1.165, 1.54) is 6.42 Å². The molecule has 0 aromatic carbocycles. The standard InChI is InChI=1S/C14H26N4O/c1-9(2)18-14(13(15)10(3)17-18)16-8-11-6-4-5-7-12(11)19/h9,11-12,16,19H,4-8,15H2,1-3H3. The second-order valence-electron chi connectivity index (χ2n) is 5.88. The Hall–Kier alpha value is -1.23. The molecule has 2 atom stereocenters. The zero-order valence-corrected chi connectivity index (χ0v) is 12.2. The Bertz CT molecular complexity index is 427. The highest BCUT2D eigenvalue weighted by molar-refractivity contribution is 5.64. The van der Waals surface area contributed by atoms with Crippen molar-refractivity contribution in [2.45, 2.75) is 58.6 Å². The van der Waals surface area contributed by atoms with Crippen LogP contribution in [0.3, 0.4) is 0 Å². The summed E-state index contributed by atoms with van der Waals surface area (Å²) in [6.07, 6.45) is 4.18. The second-order valence-corrected chi connectivity index (χ2v) is 5.88. The maximum atomic E-state index is 10.0. The van der Waals surface area contributed by atoms with Gasteiger partial charge < -0.3 is 16.2 Å².